The molecule has 0 bridgehead atoms. The summed E-state index contributed by atoms with van der Waals surface area (Å²) in [6, 6.07) is 17.7. The Morgan fingerprint density at radius 3 is 2.51 bits per heavy atom. The van der Waals surface area contributed by atoms with Gasteiger partial charge >= 0.3 is 0 Å². The number of aromatic nitrogens is 4. The molecule has 0 spiro atoms. The first-order valence-corrected chi connectivity index (χ1v) is 14.4. The molecule has 0 unspecified atom stereocenters. The van der Waals surface area contributed by atoms with Gasteiger partial charge in [-0.25, -0.2) is 9.37 Å². The summed E-state index contributed by atoms with van der Waals surface area (Å²) >= 11 is 1.27. The number of hydrogen-bond donors (Lipinski definition) is 1. The van der Waals surface area contributed by atoms with Crippen molar-refractivity contribution in [3.8, 4) is 22.0 Å². The van der Waals surface area contributed by atoms with Gasteiger partial charge in [-0.05, 0) is 62.4 Å². The molecule has 2 aromatic heterocycles. The number of nitro groups is 1. The van der Waals surface area contributed by atoms with Crippen molar-refractivity contribution in [1.82, 2.24) is 24.6 Å². The zero-order valence-corrected chi connectivity index (χ0v) is 23.1. The van der Waals surface area contributed by atoms with Crippen LogP contribution in [0, 0.1) is 15.9 Å². The van der Waals surface area contributed by atoms with E-state index >= 15 is 0 Å². The molecule has 3 heterocycles. The molecule has 5 aromatic rings. The third-order valence-electron chi connectivity index (χ3n) is 7.66. The van der Waals surface area contributed by atoms with Crippen LogP contribution in [-0.4, -0.2) is 62.8 Å². The first-order chi connectivity index (χ1) is 19.9. The van der Waals surface area contributed by atoms with E-state index in [2.05, 4.69) is 43.0 Å². The van der Waals surface area contributed by atoms with Gasteiger partial charge in [0.2, 0.25) is 5.13 Å². The topological polar surface area (TPSA) is 105 Å². The number of nitrogens with one attached hydrogen (secondary N) is 1. The molecule has 12 heteroatoms. The van der Waals surface area contributed by atoms with Crippen molar-refractivity contribution in [3.63, 3.8) is 0 Å². The first kappa shape index (κ1) is 25.5. The maximum absolute atomic E-state index is 13.7. The Labute approximate surface area is 239 Å². The summed E-state index contributed by atoms with van der Waals surface area (Å²) in [5, 5.41) is 24.6. The number of para-hydroxylation sites is 1. The number of likely N-dealkylation sites (N-methyl/N-ethyl adjacent to an activating group) is 1. The van der Waals surface area contributed by atoms with Crippen LogP contribution in [0.25, 0.3) is 33.0 Å². The van der Waals surface area contributed by atoms with Gasteiger partial charge in [-0.1, -0.05) is 23.5 Å². The number of fused-ring (bicyclic) bond motifs is 1. The van der Waals surface area contributed by atoms with Crippen LogP contribution in [0.3, 0.4) is 0 Å². The zero-order valence-electron chi connectivity index (χ0n) is 22.3. The van der Waals surface area contributed by atoms with E-state index in [1.54, 1.807) is 30.3 Å². The monoisotopic (exact) mass is 570 g/mol. The van der Waals surface area contributed by atoms with Gasteiger partial charge in [-0.15, -0.1) is 10.2 Å². The van der Waals surface area contributed by atoms with E-state index in [1.807, 2.05) is 6.07 Å². The first-order valence-electron chi connectivity index (χ1n) is 13.5. The molecule has 0 amide bonds. The molecule has 0 atom stereocenters. The fourth-order valence-electron chi connectivity index (χ4n) is 5.36. The van der Waals surface area contributed by atoms with E-state index in [1.165, 1.54) is 29.5 Å². The Morgan fingerprint density at radius 2 is 1.78 bits per heavy atom. The minimum Gasteiger partial charge on any atom is -0.367 e. The van der Waals surface area contributed by atoms with Gasteiger partial charge in [0.1, 0.15) is 11.6 Å². The number of imidazole rings is 1. The molecule has 208 valence electrons. The fraction of sp³-hybridized carbons (Fsp3) is 0.276. The van der Waals surface area contributed by atoms with Crippen molar-refractivity contribution in [2.45, 2.75) is 18.9 Å². The molecule has 1 saturated heterocycles. The molecular weight excluding hydrogens is 543 g/mol. The van der Waals surface area contributed by atoms with Gasteiger partial charge in [-0.2, -0.15) is 0 Å². The summed E-state index contributed by atoms with van der Waals surface area (Å²) in [6.45, 7) is 3.63. The number of nitro benzene ring substituents is 1. The predicted octanol–water partition coefficient (Wildman–Crippen LogP) is 6.10. The second kappa shape index (κ2) is 10.2. The molecular formula is C29H27FN8O2S. The van der Waals surface area contributed by atoms with Crippen molar-refractivity contribution in [2.24, 2.45) is 0 Å². The van der Waals surface area contributed by atoms with Crippen LogP contribution in [0.5, 0.6) is 0 Å². The molecule has 3 aromatic carbocycles. The van der Waals surface area contributed by atoms with E-state index in [0.29, 0.717) is 21.7 Å². The Morgan fingerprint density at radius 1 is 1.02 bits per heavy atom. The molecule has 1 aliphatic carbocycles. The zero-order chi connectivity index (χ0) is 28.1. The highest BCUT2D eigenvalue weighted by Crippen LogP contribution is 2.44. The van der Waals surface area contributed by atoms with Crippen LogP contribution in [0.1, 0.15) is 18.9 Å². The lowest BCUT2D eigenvalue weighted by Crippen LogP contribution is -2.44. The maximum Gasteiger partial charge on any atom is 0.279 e. The summed E-state index contributed by atoms with van der Waals surface area (Å²) in [6.07, 6.45) is 2.17. The average Bonchev–Trinajstić information content (AvgIpc) is 3.59. The summed E-state index contributed by atoms with van der Waals surface area (Å²) in [5.41, 5.74) is 5.07. The highest BCUT2D eigenvalue weighted by Gasteiger charge is 2.30. The number of piperazine rings is 1. The lowest BCUT2D eigenvalue weighted by atomic mass is 10.2. The largest absolute Gasteiger partial charge is 0.367 e. The minimum atomic E-state index is -0.405. The number of halogens is 1. The van der Waals surface area contributed by atoms with Crippen molar-refractivity contribution in [3.05, 3.63) is 76.6 Å². The highest BCUT2D eigenvalue weighted by molar-refractivity contribution is 7.18. The van der Waals surface area contributed by atoms with Gasteiger partial charge in [0, 0.05) is 43.9 Å². The van der Waals surface area contributed by atoms with Crippen molar-refractivity contribution in [1.29, 1.82) is 0 Å². The van der Waals surface area contributed by atoms with E-state index in [0.717, 1.165) is 72.8 Å². The van der Waals surface area contributed by atoms with Crippen molar-refractivity contribution < 1.29 is 9.31 Å². The van der Waals surface area contributed by atoms with E-state index in [-0.39, 0.29) is 11.5 Å². The molecule has 2 fully saturated rings. The van der Waals surface area contributed by atoms with Crippen LogP contribution in [-0.2, 0) is 0 Å². The SMILES string of the molecule is CN1CCN(c2cc3c(cc2Nc2nnc(-c4ccccc4[N+](=O)[O-])s2)nc(-c2ccc(F)cc2)n3C2CC2)CC1. The Balaban J connectivity index is 1.32. The van der Waals surface area contributed by atoms with Gasteiger partial charge in [-0.3, -0.25) is 10.1 Å². The second-order valence-corrected chi connectivity index (χ2v) is 11.5. The van der Waals surface area contributed by atoms with Crippen molar-refractivity contribution in [2.75, 3.05) is 43.4 Å². The number of hydrogen-bond acceptors (Lipinski definition) is 9. The standard InChI is InChI=1S/C29H27FN8O2S/c1-35-12-14-36(15-13-35)25-17-26-23(31-27(37(26)20-10-11-20)18-6-8-19(30)9-7-18)16-22(25)32-29-34-33-28(41-29)21-4-2-3-5-24(21)38(39)40/h2-9,16-17,20H,10-15H2,1H3,(H,32,34). The highest BCUT2D eigenvalue weighted by atomic mass is 32.1. The second-order valence-electron chi connectivity index (χ2n) is 10.5. The molecule has 41 heavy (non-hydrogen) atoms. The van der Waals surface area contributed by atoms with Crippen LogP contribution in [0.15, 0.2) is 60.7 Å². The van der Waals surface area contributed by atoms with Gasteiger partial charge < -0.3 is 19.7 Å². The molecule has 1 N–H and O–H groups in total. The smallest absolute Gasteiger partial charge is 0.279 e. The van der Waals surface area contributed by atoms with E-state index in [4.69, 9.17) is 4.98 Å². The summed E-state index contributed by atoms with van der Waals surface area (Å²) < 4.78 is 16.0. The average molecular weight is 571 g/mol. The Hall–Kier alpha value is -4.42. The molecule has 10 nitrogen and oxygen atoms in total. The Bertz CT molecular complexity index is 1760. The van der Waals surface area contributed by atoms with Gasteiger partial charge in [0.15, 0.2) is 5.01 Å². The summed E-state index contributed by atoms with van der Waals surface area (Å²) in [7, 11) is 2.13. The molecule has 0 radical (unpaired) electrons. The van der Waals surface area contributed by atoms with Gasteiger partial charge in [0.05, 0.1) is 32.9 Å². The number of benzene rings is 3. The fourth-order valence-corrected chi connectivity index (χ4v) is 6.15. The number of rotatable bonds is 7. The number of nitrogens with zero attached hydrogens (tertiary/aromatic N) is 7. The number of anilines is 3. The Kier molecular flexibility index (Phi) is 6.36. The van der Waals surface area contributed by atoms with Crippen LogP contribution < -0.4 is 10.2 Å². The quantitative estimate of drug-likeness (QED) is 0.185. The van der Waals surface area contributed by atoms with Crippen LogP contribution >= 0.6 is 11.3 Å². The molecule has 1 aliphatic heterocycles. The van der Waals surface area contributed by atoms with Gasteiger partial charge in [0.25, 0.3) is 5.69 Å². The predicted molar refractivity (Wildman–Crippen MR) is 158 cm³/mol. The lowest BCUT2D eigenvalue weighted by molar-refractivity contribution is -0.384. The summed E-state index contributed by atoms with van der Waals surface area (Å²) in [5.74, 6) is 0.558. The van der Waals surface area contributed by atoms with Crippen molar-refractivity contribution >= 4 is 44.6 Å². The summed E-state index contributed by atoms with van der Waals surface area (Å²) in [4.78, 5) is 20.9. The third kappa shape index (κ3) is 4.89. The maximum atomic E-state index is 13.7. The molecule has 1 saturated carbocycles. The third-order valence-corrected chi connectivity index (χ3v) is 8.54. The normalized spacial score (nSPS) is 15.9. The molecule has 7 rings (SSSR count). The lowest BCUT2D eigenvalue weighted by Gasteiger charge is -2.35. The van der Waals surface area contributed by atoms with E-state index < -0.39 is 4.92 Å². The van der Waals surface area contributed by atoms with E-state index in [9.17, 15) is 14.5 Å². The minimum absolute atomic E-state index is 0.00585. The molecule has 2 aliphatic rings. The van der Waals surface area contributed by atoms with Crippen LogP contribution in [0.2, 0.25) is 0 Å². The van der Waals surface area contributed by atoms with Crippen LogP contribution in [0.4, 0.5) is 26.6 Å².